The summed E-state index contributed by atoms with van der Waals surface area (Å²) in [4.78, 5) is 15.8. The van der Waals surface area contributed by atoms with E-state index >= 15 is 0 Å². The molecule has 0 saturated heterocycles. The van der Waals surface area contributed by atoms with E-state index in [1.165, 1.54) is 19.3 Å². The summed E-state index contributed by atoms with van der Waals surface area (Å²) >= 11 is 5.85. The molecule has 1 amide bonds. The molecule has 4 rings (SSSR count). The number of carbonyl (C=O) groups excluding carboxylic acids is 1. The van der Waals surface area contributed by atoms with Crippen LogP contribution in [0.1, 0.15) is 29.6 Å². The Morgan fingerprint density at radius 3 is 2.74 bits per heavy atom. The van der Waals surface area contributed by atoms with Crippen molar-refractivity contribution in [3.8, 4) is 0 Å². The molecule has 3 fully saturated rings. The topological polar surface area (TPSA) is 42.0 Å². The van der Waals surface area contributed by atoms with Crippen LogP contribution in [0, 0.1) is 29.5 Å². The van der Waals surface area contributed by atoms with Gasteiger partial charge in [0.25, 0.3) is 5.91 Å². The molecule has 5 heteroatoms. The van der Waals surface area contributed by atoms with Gasteiger partial charge in [0.15, 0.2) is 0 Å². The molecule has 4 unspecified atom stereocenters. The van der Waals surface area contributed by atoms with E-state index in [2.05, 4.69) is 10.3 Å². The van der Waals surface area contributed by atoms with E-state index in [-0.39, 0.29) is 22.7 Å². The number of fused-ring (bicyclic) bond motifs is 5. The average Bonchev–Trinajstić information content (AvgIpc) is 2.80. The van der Waals surface area contributed by atoms with Crippen molar-refractivity contribution in [1.29, 1.82) is 0 Å². The van der Waals surface area contributed by atoms with Crippen molar-refractivity contribution in [1.82, 2.24) is 10.3 Å². The molecule has 0 aromatic carbocycles. The first kappa shape index (κ1) is 11.6. The molecule has 3 saturated carbocycles. The number of rotatable bonds is 2. The number of halogens is 2. The second-order valence-corrected chi connectivity index (χ2v) is 6.34. The smallest absolute Gasteiger partial charge is 0.254 e. The Hall–Kier alpha value is -1.16. The lowest BCUT2D eigenvalue weighted by Crippen LogP contribution is -2.30. The zero-order chi connectivity index (χ0) is 13.1. The minimum Gasteiger partial charge on any atom is -0.349 e. The number of carbonyl (C=O) groups is 1. The van der Waals surface area contributed by atoms with Crippen molar-refractivity contribution in [3.63, 3.8) is 0 Å². The van der Waals surface area contributed by atoms with Crippen LogP contribution in [0.5, 0.6) is 0 Å². The van der Waals surface area contributed by atoms with E-state index in [9.17, 15) is 9.18 Å². The van der Waals surface area contributed by atoms with Crippen LogP contribution in [0.2, 0.25) is 5.15 Å². The van der Waals surface area contributed by atoms with Crippen molar-refractivity contribution in [2.75, 3.05) is 0 Å². The zero-order valence-electron chi connectivity index (χ0n) is 10.3. The molecule has 1 heterocycles. The average molecular weight is 281 g/mol. The van der Waals surface area contributed by atoms with Crippen LogP contribution >= 0.6 is 11.6 Å². The fraction of sp³-hybridized carbons (Fsp3) is 0.571. The van der Waals surface area contributed by atoms with Crippen LogP contribution in [0.3, 0.4) is 0 Å². The highest BCUT2D eigenvalue weighted by molar-refractivity contribution is 6.32. The van der Waals surface area contributed by atoms with Crippen LogP contribution in [0.25, 0.3) is 0 Å². The molecule has 2 bridgehead atoms. The molecule has 3 nitrogen and oxygen atoms in total. The van der Waals surface area contributed by atoms with Crippen LogP contribution < -0.4 is 5.32 Å². The Morgan fingerprint density at radius 1 is 1.37 bits per heavy atom. The summed E-state index contributed by atoms with van der Waals surface area (Å²) < 4.78 is 13.1. The zero-order valence-corrected chi connectivity index (χ0v) is 11.0. The van der Waals surface area contributed by atoms with Crippen molar-refractivity contribution in [2.24, 2.45) is 23.7 Å². The van der Waals surface area contributed by atoms with E-state index in [0.717, 1.165) is 24.1 Å². The van der Waals surface area contributed by atoms with Crippen molar-refractivity contribution in [2.45, 2.75) is 25.3 Å². The predicted molar refractivity (Wildman–Crippen MR) is 68.3 cm³/mol. The van der Waals surface area contributed by atoms with E-state index in [1.807, 2.05) is 0 Å². The molecule has 4 atom stereocenters. The first-order chi connectivity index (χ1) is 9.15. The maximum Gasteiger partial charge on any atom is 0.254 e. The fourth-order valence-corrected chi connectivity index (χ4v) is 4.52. The minimum atomic E-state index is -0.536. The monoisotopic (exact) mass is 280 g/mol. The van der Waals surface area contributed by atoms with Gasteiger partial charge in [-0.2, -0.15) is 0 Å². The molecule has 1 N–H and O–H groups in total. The van der Waals surface area contributed by atoms with Gasteiger partial charge in [0.1, 0.15) is 11.0 Å². The van der Waals surface area contributed by atoms with Crippen LogP contribution in [-0.2, 0) is 0 Å². The van der Waals surface area contributed by atoms with Gasteiger partial charge < -0.3 is 5.32 Å². The van der Waals surface area contributed by atoms with Gasteiger partial charge in [-0.05, 0) is 49.0 Å². The van der Waals surface area contributed by atoms with Crippen LogP contribution in [-0.4, -0.2) is 16.9 Å². The Balaban J connectivity index is 1.50. The third-order valence-electron chi connectivity index (χ3n) is 5.08. The van der Waals surface area contributed by atoms with Gasteiger partial charge in [0, 0.05) is 6.04 Å². The number of amides is 1. The molecule has 3 aliphatic rings. The molecular weight excluding hydrogens is 267 g/mol. The number of aromatic nitrogens is 1. The Morgan fingerprint density at radius 2 is 2.05 bits per heavy atom. The predicted octanol–water partition coefficient (Wildman–Crippen LogP) is 2.65. The molecule has 19 heavy (non-hydrogen) atoms. The first-order valence-electron chi connectivity index (χ1n) is 6.77. The number of hydrogen-bond donors (Lipinski definition) is 1. The number of nitrogens with zero attached hydrogens (tertiary/aromatic N) is 1. The fourth-order valence-electron chi connectivity index (χ4n) is 4.33. The maximum absolute atomic E-state index is 13.1. The van der Waals surface area contributed by atoms with Gasteiger partial charge in [0.05, 0.1) is 11.8 Å². The second kappa shape index (κ2) is 3.92. The summed E-state index contributed by atoms with van der Waals surface area (Å²) in [7, 11) is 0. The minimum absolute atomic E-state index is 0.0627. The van der Waals surface area contributed by atoms with Crippen molar-refractivity contribution >= 4 is 17.5 Å². The van der Waals surface area contributed by atoms with Crippen molar-refractivity contribution < 1.29 is 9.18 Å². The normalized spacial score (nSPS) is 38.1. The molecule has 0 radical (unpaired) electrons. The molecule has 3 aliphatic carbocycles. The number of nitrogens with one attached hydrogen (secondary N) is 1. The second-order valence-electron chi connectivity index (χ2n) is 5.98. The summed E-state index contributed by atoms with van der Waals surface area (Å²) in [6, 6.07) is 1.43. The SMILES string of the molecule is O=C(NC1C2C3CCC(C3)C12)c1cc(F)cnc1Cl. The summed E-state index contributed by atoms with van der Waals surface area (Å²) in [5.74, 6) is 2.07. The molecular formula is C14H14ClFN2O. The maximum atomic E-state index is 13.1. The highest BCUT2D eigenvalue weighted by atomic mass is 35.5. The number of hydrogen-bond acceptors (Lipinski definition) is 2. The highest BCUT2D eigenvalue weighted by Crippen LogP contribution is 2.65. The Bertz CT molecular complexity index is 548. The van der Waals surface area contributed by atoms with Crippen LogP contribution in [0.4, 0.5) is 4.39 Å². The Kier molecular flexibility index (Phi) is 2.40. The summed E-state index contributed by atoms with van der Waals surface area (Å²) in [6.07, 6.45) is 4.97. The summed E-state index contributed by atoms with van der Waals surface area (Å²) in [6.45, 7) is 0. The van der Waals surface area contributed by atoms with Gasteiger partial charge in [-0.1, -0.05) is 11.6 Å². The van der Waals surface area contributed by atoms with Gasteiger partial charge in [-0.3, -0.25) is 4.79 Å². The standard InChI is InChI=1S/C14H14ClFN2O/c15-13-9(4-8(16)5-17-13)14(19)18-12-10-6-1-2-7(3-6)11(10)12/h4-7,10-12H,1-3H2,(H,18,19). The van der Waals surface area contributed by atoms with Crippen LogP contribution in [0.15, 0.2) is 12.3 Å². The van der Waals surface area contributed by atoms with Crippen molar-refractivity contribution in [3.05, 3.63) is 28.8 Å². The molecule has 0 spiro atoms. The lowest BCUT2D eigenvalue weighted by atomic mass is 10.0. The van der Waals surface area contributed by atoms with E-state index in [0.29, 0.717) is 11.8 Å². The molecule has 0 aliphatic heterocycles. The summed E-state index contributed by atoms with van der Waals surface area (Å²) in [5.41, 5.74) is 0.138. The lowest BCUT2D eigenvalue weighted by Gasteiger charge is -2.11. The quantitative estimate of drug-likeness (QED) is 0.846. The Labute approximate surface area is 115 Å². The van der Waals surface area contributed by atoms with E-state index < -0.39 is 5.82 Å². The van der Waals surface area contributed by atoms with Gasteiger partial charge >= 0.3 is 0 Å². The first-order valence-corrected chi connectivity index (χ1v) is 7.15. The summed E-state index contributed by atoms with van der Waals surface area (Å²) in [5, 5.41) is 3.07. The third-order valence-corrected chi connectivity index (χ3v) is 5.38. The molecule has 1 aromatic rings. The van der Waals surface area contributed by atoms with E-state index in [1.54, 1.807) is 0 Å². The largest absolute Gasteiger partial charge is 0.349 e. The lowest BCUT2D eigenvalue weighted by molar-refractivity contribution is 0.0943. The van der Waals surface area contributed by atoms with Gasteiger partial charge in [0.2, 0.25) is 0 Å². The van der Waals surface area contributed by atoms with Gasteiger partial charge in [-0.15, -0.1) is 0 Å². The molecule has 1 aromatic heterocycles. The third kappa shape index (κ3) is 1.69. The van der Waals surface area contributed by atoms with Gasteiger partial charge in [-0.25, -0.2) is 9.37 Å². The highest BCUT2D eigenvalue weighted by Gasteiger charge is 2.65. The van der Waals surface area contributed by atoms with E-state index in [4.69, 9.17) is 11.6 Å². The molecule has 100 valence electrons. The number of pyridine rings is 1.